The van der Waals surface area contributed by atoms with Crippen molar-refractivity contribution in [1.29, 1.82) is 0 Å². The van der Waals surface area contributed by atoms with E-state index in [4.69, 9.17) is 16.3 Å². The summed E-state index contributed by atoms with van der Waals surface area (Å²) in [6.45, 7) is 0. The molecule has 0 aromatic heterocycles. The van der Waals surface area contributed by atoms with E-state index in [-0.39, 0.29) is 0 Å². The Balaban J connectivity index is 2.33. The molecular formula is C9H13ClO5S. The summed E-state index contributed by atoms with van der Waals surface area (Å²) in [6, 6.07) is 0. The Bertz CT molecular complexity index is 433. The summed E-state index contributed by atoms with van der Waals surface area (Å²) in [5, 5.41) is -2.32. The first-order valence-corrected chi connectivity index (χ1v) is 7.27. The van der Waals surface area contributed by atoms with Gasteiger partial charge >= 0.3 is 5.97 Å². The predicted molar refractivity (Wildman–Crippen MR) is 56.9 cm³/mol. The van der Waals surface area contributed by atoms with Gasteiger partial charge in [0.15, 0.2) is 9.84 Å². The zero-order valence-corrected chi connectivity index (χ0v) is 10.6. The van der Waals surface area contributed by atoms with Gasteiger partial charge in [-0.3, -0.25) is 0 Å². The van der Waals surface area contributed by atoms with Gasteiger partial charge in [0.05, 0.1) is 12.4 Å². The minimum atomic E-state index is -3.28. The van der Waals surface area contributed by atoms with Crippen LogP contribution in [0.15, 0.2) is 0 Å². The van der Waals surface area contributed by atoms with Crippen LogP contribution in [0, 0.1) is 0 Å². The van der Waals surface area contributed by atoms with Crippen molar-refractivity contribution in [3.8, 4) is 0 Å². The van der Waals surface area contributed by atoms with Gasteiger partial charge < -0.3 is 9.47 Å². The molecule has 1 heterocycles. The third-order valence-corrected chi connectivity index (χ3v) is 5.53. The normalized spacial score (nSPS) is 42.3. The summed E-state index contributed by atoms with van der Waals surface area (Å²) in [4.78, 5) is 11.5. The number of halogens is 1. The lowest BCUT2D eigenvalue weighted by atomic mass is 10.0. The van der Waals surface area contributed by atoms with E-state index in [1.807, 2.05) is 0 Å². The van der Waals surface area contributed by atoms with Crippen LogP contribution >= 0.6 is 11.6 Å². The molecule has 1 aliphatic carbocycles. The lowest BCUT2D eigenvalue weighted by molar-refractivity contribution is -0.143. The fourth-order valence-corrected chi connectivity index (χ4v) is 4.68. The molecule has 0 aromatic carbocycles. The second-order valence-electron chi connectivity index (χ2n) is 4.29. The number of ether oxygens (including phenoxy) is 2. The van der Waals surface area contributed by atoms with E-state index in [9.17, 15) is 13.2 Å². The number of sulfone groups is 1. The molecule has 2 fully saturated rings. The molecule has 0 bridgehead atoms. The van der Waals surface area contributed by atoms with Crippen molar-refractivity contribution >= 4 is 27.4 Å². The molecule has 7 heteroatoms. The van der Waals surface area contributed by atoms with Crippen molar-refractivity contribution in [3.05, 3.63) is 0 Å². The van der Waals surface area contributed by atoms with E-state index in [0.717, 1.165) is 6.26 Å². The van der Waals surface area contributed by atoms with Crippen LogP contribution in [0.2, 0.25) is 0 Å². The Labute approximate surface area is 99.0 Å². The molecule has 16 heavy (non-hydrogen) atoms. The molecule has 3 atom stereocenters. The zero-order chi connectivity index (χ0) is 12.2. The second kappa shape index (κ2) is 3.34. The summed E-state index contributed by atoms with van der Waals surface area (Å²) in [6.07, 6.45) is 2.78. The molecule has 1 spiro atoms. The van der Waals surface area contributed by atoms with E-state index in [0.29, 0.717) is 19.3 Å². The molecule has 0 radical (unpaired) electrons. The van der Waals surface area contributed by atoms with Crippen molar-refractivity contribution < 1.29 is 22.7 Å². The smallest absolute Gasteiger partial charge is 0.357 e. The third-order valence-electron chi connectivity index (χ3n) is 3.32. The molecule has 3 unspecified atom stereocenters. The van der Waals surface area contributed by atoms with E-state index >= 15 is 0 Å². The standard InChI is InChI=1S/C9H13ClO5S/c1-14-7(11)9(10)8(15-9)5-3-4-6(8)16(2,12)13/h6H,3-5H2,1-2H3. The van der Waals surface area contributed by atoms with Crippen LogP contribution in [0.5, 0.6) is 0 Å². The first-order chi connectivity index (χ1) is 7.28. The van der Waals surface area contributed by atoms with Crippen molar-refractivity contribution in [2.75, 3.05) is 13.4 Å². The largest absolute Gasteiger partial charge is 0.466 e. The van der Waals surface area contributed by atoms with Crippen molar-refractivity contribution in [3.63, 3.8) is 0 Å². The number of esters is 1. The van der Waals surface area contributed by atoms with Gasteiger partial charge in [0.2, 0.25) is 0 Å². The third kappa shape index (κ3) is 1.39. The quantitative estimate of drug-likeness (QED) is 0.413. The number of hydrogen-bond donors (Lipinski definition) is 0. The van der Waals surface area contributed by atoms with Crippen LogP contribution in [-0.4, -0.2) is 43.7 Å². The highest BCUT2D eigenvalue weighted by Crippen LogP contribution is 2.62. The SMILES string of the molecule is COC(=O)C1(Cl)OC12CCCC2S(C)(=O)=O. The molecule has 2 rings (SSSR count). The molecule has 1 aliphatic heterocycles. The molecule has 0 aromatic rings. The number of hydrogen-bond acceptors (Lipinski definition) is 5. The van der Waals surface area contributed by atoms with Gasteiger partial charge in [-0.25, -0.2) is 13.2 Å². The average Bonchev–Trinajstić information content (AvgIpc) is 2.60. The summed E-state index contributed by atoms with van der Waals surface area (Å²) < 4.78 is 33.0. The highest BCUT2D eigenvalue weighted by Gasteiger charge is 2.81. The van der Waals surface area contributed by atoms with Crippen LogP contribution in [-0.2, 0) is 24.1 Å². The minimum absolute atomic E-state index is 0.476. The van der Waals surface area contributed by atoms with E-state index in [2.05, 4.69) is 4.74 Å². The maximum Gasteiger partial charge on any atom is 0.357 e. The van der Waals surface area contributed by atoms with Crippen LogP contribution in [0.3, 0.4) is 0 Å². The van der Waals surface area contributed by atoms with Crippen LogP contribution in [0.25, 0.3) is 0 Å². The maximum atomic E-state index is 11.6. The van der Waals surface area contributed by atoms with E-state index in [1.54, 1.807) is 0 Å². The highest BCUT2D eigenvalue weighted by atomic mass is 35.5. The summed E-state index contributed by atoms with van der Waals surface area (Å²) in [7, 11) is -2.08. The predicted octanol–water partition coefficient (Wildman–Crippen LogP) is 0.461. The van der Waals surface area contributed by atoms with Gasteiger partial charge in [-0.15, -0.1) is 0 Å². The summed E-state index contributed by atoms with van der Waals surface area (Å²) >= 11 is 6.00. The fraction of sp³-hybridized carbons (Fsp3) is 0.889. The molecular weight excluding hydrogens is 256 g/mol. The molecule has 92 valence electrons. The zero-order valence-electron chi connectivity index (χ0n) is 9.03. The Morgan fingerprint density at radius 2 is 2.19 bits per heavy atom. The van der Waals surface area contributed by atoms with Gasteiger partial charge in [0.25, 0.3) is 5.06 Å². The molecule has 5 nitrogen and oxygen atoms in total. The van der Waals surface area contributed by atoms with Crippen molar-refractivity contribution in [2.45, 2.75) is 35.2 Å². The number of rotatable bonds is 2. The van der Waals surface area contributed by atoms with Gasteiger partial charge in [0, 0.05) is 6.26 Å². The van der Waals surface area contributed by atoms with Crippen LogP contribution < -0.4 is 0 Å². The Morgan fingerprint density at radius 3 is 2.69 bits per heavy atom. The van der Waals surface area contributed by atoms with Crippen LogP contribution in [0.4, 0.5) is 0 Å². The maximum absolute atomic E-state index is 11.6. The number of methoxy groups -OCH3 is 1. The van der Waals surface area contributed by atoms with Crippen LogP contribution in [0.1, 0.15) is 19.3 Å². The van der Waals surface area contributed by atoms with Gasteiger partial charge in [0.1, 0.15) is 5.60 Å². The molecule has 2 aliphatic rings. The van der Waals surface area contributed by atoms with Crippen molar-refractivity contribution in [1.82, 2.24) is 0 Å². The summed E-state index contributed by atoms with van der Waals surface area (Å²) in [5.74, 6) is -0.718. The topological polar surface area (TPSA) is 73.0 Å². The molecule has 1 saturated heterocycles. The first-order valence-electron chi connectivity index (χ1n) is 4.94. The first kappa shape index (κ1) is 12.1. The molecule has 0 N–H and O–H groups in total. The fourth-order valence-electron chi connectivity index (χ4n) is 2.56. The second-order valence-corrected chi connectivity index (χ2v) is 7.05. The van der Waals surface area contributed by atoms with Gasteiger partial charge in [-0.05, 0) is 19.3 Å². The van der Waals surface area contributed by atoms with E-state index in [1.165, 1.54) is 7.11 Å². The summed E-state index contributed by atoms with van der Waals surface area (Å²) in [5.41, 5.74) is -1.07. The molecule has 0 amide bonds. The number of alkyl halides is 1. The van der Waals surface area contributed by atoms with Crippen molar-refractivity contribution in [2.24, 2.45) is 0 Å². The average molecular weight is 269 g/mol. The van der Waals surface area contributed by atoms with E-state index < -0.39 is 31.7 Å². The van der Waals surface area contributed by atoms with Gasteiger partial charge in [-0.1, -0.05) is 11.6 Å². The Morgan fingerprint density at radius 1 is 1.56 bits per heavy atom. The number of epoxide rings is 1. The Kier molecular flexibility index (Phi) is 2.53. The lowest BCUT2D eigenvalue weighted by Gasteiger charge is -2.15. The number of carbonyl (C=O) groups is 1. The van der Waals surface area contributed by atoms with Gasteiger partial charge in [-0.2, -0.15) is 0 Å². The monoisotopic (exact) mass is 268 g/mol. The molecule has 1 saturated carbocycles. The Hall–Kier alpha value is -0.330. The number of carbonyl (C=O) groups excluding carboxylic acids is 1. The highest BCUT2D eigenvalue weighted by molar-refractivity contribution is 7.91. The minimum Gasteiger partial charge on any atom is -0.466 e. The lowest BCUT2D eigenvalue weighted by Crippen LogP contribution is -2.39.